The maximum Gasteiger partial charge on any atom is 0.441 e. The van der Waals surface area contributed by atoms with Crippen LogP contribution in [0.15, 0.2) is 0 Å². The van der Waals surface area contributed by atoms with Gasteiger partial charge in [-0.3, -0.25) is 4.79 Å². The van der Waals surface area contributed by atoms with Gasteiger partial charge in [0.15, 0.2) is 0 Å². The van der Waals surface area contributed by atoms with E-state index in [-0.39, 0.29) is 30.6 Å². The van der Waals surface area contributed by atoms with Crippen LogP contribution in [0.3, 0.4) is 0 Å². The number of aliphatic carboxylic acids is 1. The lowest BCUT2D eigenvalue weighted by Crippen LogP contribution is -2.51. The Morgan fingerprint density at radius 3 is 2.65 bits per heavy atom. The topological polar surface area (TPSA) is 69.6 Å². The van der Waals surface area contributed by atoms with Crippen LogP contribution in [-0.4, -0.2) is 52.9 Å². The molecule has 20 heavy (non-hydrogen) atoms. The molecule has 1 unspecified atom stereocenters. The van der Waals surface area contributed by atoms with E-state index in [0.717, 1.165) is 0 Å². The van der Waals surface area contributed by atoms with Crippen molar-refractivity contribution < 1.29 is 27.9 Å². The molecule has 0 bridgehead atoms. The van der Waals surface area contributed by atoms with Crippen molar-refractivity contribution in [2.75, 3.05) is 25.4 Å². The summed E-state index contributed by atoms with van der Waals surface area (Å²) in [5.74, 6) is -1.23. The molecule has 0 spiro atoms. The van der Waals surface area contributed by atoms with Gasteiger partial charge in [0, 0.05) is 25.4 Å². The van der Waals surface area contributed by atoms with Gasteiger partial charge in [0.1, 0.15) is 0 Å². The Morgan fingerprint density at radius 2 is 2.10 bits per heavy atom. The number of alkyl halides is 3. The first-order valence-electron chi connectivity index (χ1n) is 6.11. The minimum Gasteiger partial charge on any atom is -0.481 e. The lowest BCUT2D eigenvalue weighted by Gasteiger charge is -2.37. The smallest absolute Gasteiger partial charge is 0.441 e. The van der Waals surface area contributed by atoms with Gasteiger partial charge < -0.3 is 15.3 Å². The van der Waals surface area contributed by atoms with Crippen LogP contribution in [0.4, 0.5) is 18.0 Å². The lowest BCUT2D eigenvalue weighted by atomic mass is 9.82. The number of likely N-dealkylation sites (tertiary alicyclic amines) is 1. The normalized spacial score (nSPS) is 23.5. The average molecular weight is 314 g/mol. The van der Waals surface area contributed by atoms with Gasteiger partial charge in [-0.25, -0.2) is 4.79 Å². The van der Waals surface area contributed by atoms with Gasteiger partial charge in [0.25, 0.3) is 0 Å². The van der Waals surface area contributed by atoms with Crippen molar-refractivity contribution in [3.63, 3.8) is 0 Å². The second kappa shape index (κ2) is 6.55. The number of piperidine rings is 1. The van der Waals surface area contributed by atoms with Gasteiger partial charge in [-0.15, -0.1) is 0 Å². The third-order valence-corrected chi connectivity index (χ3v) is 3.88. The highest BCUT2D eigenvalue weighted by atomic mass is 32.2. The van der Waals surface area contributed by atoms with Crippen molar-refractivity contribution in [2.45, 2.75) is 25.3 Å². The van der Waals surface area contributed by atoms with Crippen LogP contribution in [0.25, 0.3) is 0 Å². The Hall–Kier alpha value is -1.12. The van der Waals surface area contributed by atoms with Crippen LogP contribution in [0.5, 0.6) is 0 Å². The van der Waals surface area contributed by atoms with Crippen molar-refractivity contribution in [3.05, 3.63) is 0 Å². The standard InChI is InChI=1S/C11H17F3N2O3S/c1-10(8(17)18)3-2-5-16(7-10)9(19)15-4-6-20-11(12,13)14/h2-7H2,1H3,(H,15,19)(H,17,18). The number of urea groups is 1. The van der Waals surface area contributed by atoms with E-state index in [9.17, 15) is 22.8 Å². The first kappa shape index (κ1) is 16.9. The fourth-order valence-corrected chi connectivity index (χ4v) is 2.46. The molecule has 1 saturated heterocycles. The number of halogens is 3. The quantitative estimate of drug-likeness (QED) is 0.780. The molecule has 0 aromatic heterocycles. The molecule has 1 fully saturated rings. The molecular weight excluding hydrogens is 297 g/mol. The van der Waals surface area contributed by atoms with Gasteiger partial charge >= 0.3 is 17.5 Å². The first-order valence-corrected chi connectivity index (χ1v) is 7.09. The molecule has 1 atom stereocenters. The van der Waals surface area contributed by atoms with E-state index in [1.165, 1.54) is 4.90 Å². The average Bonchev–Trinajstić information content (AvgIpc) is 2.33. The Balaban J connectivity index is 2.38. The van der Waals surface area contributed by atoms with Crippen LogP contribution in [0.2, 0.25) is 0 Å². The summed E-state index contributed by atoms with van der Waals surface area (Å²) in [7, 11) is 0. The number of amides is 2. The summed E-state index contributed by atoms with van der Waals surface area (Å²) < 4.78 is 35.7. The van der Waals surface area contributed by atoms with E-state index in [1.807, 2.05) is 0 Å². The minimum atomic E-state index is -4.31. The predicted molar refractivity (Wildman–Crippen MR) is 68.5 cm³/mol. The number of hydrogen-bond donors (Lipinski definition) is 2. The summed E-state index contributed by atoms with van der Waals surface area (Å²) in [5.41, 5.74) is -5.30. The highest BCUT2D eigenvalue weighted by molar-refractivity contribution is 8.00. The SMILES string of the molecule is CC1(C(=O)O)CCCN(C(=O)NCCSC(F)(F)F)C1. The molecule has 1 heterocycles. The van der Waals surface area contributed by atoms with E-state index in [1.54, 1.807) is 6.92 Å². The van der Waals surface area contributed by atoms with E-state index < -0.39 is 22.9 Å². The van der Waals surface area contributed by atoms with E-state index in [0.29, 0.717) is 19.4 Å². The lowest BCUT2D eigenvalue weighted by molar-refractivity contribution is -0.150. The molecule has 2 N–H and O–H groups in total. The Labute approximate surface area is 118 Å². The van der Waals surface area contributed by atoms with Crippen molar-refractivity contribution in [1.29, 1.82) is 0 Å². The van der Waals surface area contributed by atoms with Crippen molar-refractivity contribution in [1.82, 2.24) is 10.2 Å². The summed E-state index contributed by atoms with van der Waals surface area (Å²) in [6.07, 6.45) is 1.05. The van der Waals surface area contributed by atoms with Crippen LogP contribution in [0, 0.1) is 5.41 Å². The number of carboxylic acid groups (broad SMARTS) is 1. The molecule has 0 saturated carbocycles. The number of thioether (sulfide) groups is 1. The van der Waals surface area contributed by atoms with Crippen molar-refractivity contribution >= 4 is 23.8 Å². The molecular formula is C11H17F3N2O3S. The fraction of sp³-hybridized carbons (Fsp3) is 0.818. The van der Waals surface area contributed by atoms with Crippen molar-refractivity contribution in [3.8, 4) is 0 Å². The number of carbonyl (C=O) groups is 2. The monoisotopic (exact) mass is 314 g/mol. The second-order valence-electron chi connectivity index (χ2n) is 4.92. The molecule has 2 amide bonds. The molecule has 0 aliphatic carbocycles. The largest absolute Gasteiger partial charge is 0.481 e. The highest BCUT2D eigenvalue weighted by Gasteiger charge is 2.39. The molecule has 1 aliphatic rings. The minimum absolute atomic E-state index is 0.0700. The Bertz CT molecular complexity index is 378. The highest BCUT2D eigenvalue weighted by Crippen LogP contribution is 2.30. The van der Waals surface area contributed by atoms with E-state index in [2.05, 4.69) is 5.32 Å². The second-order valence-corrected chi connectivity index (χ2v) is 6.08. The number of nitrogens with one attached hydrogen (secondary N) is 1. The molecule has 0 radical (unpaired) electrons. The third kappa shape index (κ3) is 5.10. The maximum absolute atomic E-state index is 11.9. The maximum atomic E-state index is 11.9. The van der Waals surface area contributed by atoms with E-state index >= 15 is 0 Å². The predicted octanol–water partition coefficient (Wildman–Crippen LogP) is 2.14. The number of carbonyl (C=O) groups excluding carboxylic acids is 1. The molecule has 0 aromatic rings. The van der Waals surface area contributed by atoms with Crippen LogP contribution in [0.1, 0.15) is 19.8 Å². The zero-order valence-electron chi connectivity index (χ0n) is 11.0. The van der Waals surface area contributed by atoms with Crippen molar-refractivity contribution in [2.24, 2.45) is 5.41 Å². The van der Waals surface area contributed by atoms with Crippen LogP contribution < -0.4 is 5.32 Å². The summed E-state index contributed by atoms with van der Waals surface area (Å²) in [6, 6.07) is -0.514. The van der Waals surface area contributed by atoms with Gasteiger partial charge in [0.05, 0.1) is 5.41 Å². The number of hydrogen-bond acceptors (Lipinski definition) is 3. The summed E-state index contributed by atoms with van der Waals surface area (Å²) in [6.45, 7) is 1.94. The van der Waals surface area contributed by atoms with Gasteiger partial charge in [0.2, 0.25) is 0 Å². The molecule has 1 aliphatic heterocycles. The van der Waals surface area contributed by atoms with Gasteiger partial charge in [-0.05, 0) is 31.5 Å². The summed E-state index contributed by atoms with van der Waals surface area (Å²) in [4.78, 5) is 24.2. The fourth-order valence-electron chi connectivity index (χ4n) is 2.02. The molecule has 5 nitrogen and oxygen atoms in total. The summed E-state index contributed by atoms with van der Waals surface area (Å²) >= 11 is -0.200. The molecule has 9 heteroatoms. The van der Waals surface area contributed by atoms with Gasteiger partial charge in [-0.1, -0.05) is 0 Å². The Kier molecular flexibility index (Phi) is 5.55. The van der Waals surface area contributed by atoms with Crippen LogP contribution in [-0.2, 0) is 4.79 Å². The number of carboxylic acids is 1. The zero-order chi connectivity index (χ0) is 15.4. The zero-order valence-corrected chi connectivity index (χ0v) is 11.8. The molecule has 116 valence electrons. The summed E-state index contributed by atoms with van der Waals surface area (Å²) in [5, 5.41) is 11.5. The third-order valence-electron chi connectivity index (χ3n) is 3.14. The van der Waals surface area contributed by atoms with Gasteiger partial charge in [-0.2, -0.15) is 13.2 Å². The molecule has 0 aromatic carbocycles. The molecule has 1 rings (SSSR count). The van der Waals surface area contributed by atoms with Crippen LogP contribution >= 0.6 is 11.8 Å². The number of rotatable bonds is 4. The Morgan fingerprint density at radius 1 is 1.45 bits per heavy atom. The first-order chi connectivity index (χ1) is 9.14. The van der Waals surface area contributed by atoms with E-state index in [4.69, 9.17) is 5.11 Å². The number of nitrogens with zero attached hydrogens (tertiary/aromatic N) is 1.